The summed E-state index contributed by atoms with van der Waals surface area (Å²) in [6, 6.07) is 10.0. The van der Waals surface area contributed by atoms with Gasteiger partial charge >= 0.3 is 0 Å². The predicted molar refractivity (Wildman–Crippen MR) is 109 cm³/mol. The number of benzene rings is 1. The van der Waals surface area contributed by atoms with Gasteiger partial charge in [0.25, 0.3) is 0 Å². The molecule has 1 fully saturated rings. The van der Waals surface area contributed by atoms with E-state index in [1.54, 1.807) is 0 Å². The molecule has 1 aliphatic heterocycles. The molecule has 0 aliphatic carbocycles. The molecule has 2 heterocycles. The molecule has 0 atom stereocenters. The number of nitrogens with one attached hydrogen (secondary N) is 1. The van der Waals surface area contributed by atoms with Crippen molar-refractivity contribution in [2.45, 2.75) is 39.5 Å². The second-order valence-electron chi connectivity index (χ2n) is 6.97. The highest BCUT2D eigenvalue weighted by Crippen LogP contribution is 2.18. The quantitative estimate of drug-likeness (QED) is 0.588. The number of carbonyl (C=O) groups is 1. The first kappa shape index (κ1) is 19.5. The van der Waals surface area contributed by atoms with Crippen molar-refractivity contribution in [3.05, 3.63) is 59.1 Å². The van der Waals surface area contributed by atoms with Crippen LogP contribution in [-0.2, 0) is 24.6 Å². The van der Waals surface area contributed by atoms with Gasteiger partial charge < -0.3 is 9.88 Å². The summed E-state index contributed by atoms with van der Waals surface area (Å²) in [6.07, 6.45) is 3.55. The molecule has 1 saturated heterocycles. The van der Waals surface area contributed by atoms with Gasteiger partial charge in [0.1, 0.15) is 5.82 Å². The molecule has 7 heteroatoms. The summed E-state index contributed by atoms with van der Waals surface area (Å²) in [5.74, 6) is 1.13. The van der Waals surface area contributed by atoms with Gasteiger partial charge in [0.15, 0.2) is 4.77 Å². The van der Waals surface area contributed by atoms with Crippen LogP contribution < -0.4 is 5.32 Å². The average Bonchev–Trinajstić information content (AvgIpc) is 2.95. The number of carbonyl (C=O) groups excluding carboxylic acids is 1. The molecule has 1 aliphatic rings. The monoisotopic (exact) mass is 385 g/mol. The zero-order chi connectivity index (χ0) is 19.2. The molecule has 2 aromatic rings. The number of hydrogen-bond acceptors (Lipinski definition) is 4. The van der Waals surface area contributed by atoms with Crippen LogP contribution in [0.25, 0.3) is 0 Å². The Morgan fingerprint density at radius 2 is 2.04 bits per heavy atom. The molecule has 1 amide bonds. The largest absolute Gasteiger partial charge is 0.352 e. The van der Waals surface area contributed by atoms with Crippen molar-refractivity contribution >= 4 is 18.1 Å². The van der Waals surface area contributed by atoms with Gasteiger partial charge in [-0.05, 0) is 37.5 Å². The zero-order valence-electron chi connectivity index (χ0n) is 15.8. The van der Waals surface area contributed by atoms with Crippen molar-refractivity contribution in [3.63, 3.8) is 0 Å². The summed E-state index contributed by atoms with van der Waals surface area (Å²) in [7, 11) is 0. The molecular weight excluding hydrogens is 358 g/mol. The zero-order valence-corrected chi connectivity index (χ0v) is 16.6. The lowest BCUT2D eigenvalue weighted by Gasteiger charge is -2.30. The van der Waals surface area contributed by atoms with Gasteiger partial charge in [-0.15, -0.1) is 6.58 Å². The Balaban J connectivity index is 1.49. The van der Waals surface area contributed by atoms with Crippen LogP contribution in [0.4, 0.5) is 0 Å². The molecule has 1 N–H and O–H groups in total. The van der Waals surface area contributed by atoms with E-state index in [2.05, 4.69) is 21.9 Å². The van der Waals surface area contributed by atoms with Gasteiger partial charge in [-0.2, -0.15) is 5.10 Å². The third kappa shape index (κ3) is 4.93. The Bertz CT molecular complexity index is 834. The van der Waals surface area contributed by atoms with E-state index in [4.69, 9.17) is 12.2 Å². The lowest BCUT2D eigenvalue weighted by atomic mass is 9.96. The fourth-order valence-corrected chi connectivity index (χ4v) is 3.74. The summed E-state index contributed by atoms with van der Waals surface area (Å²) in [5, 5.41) is 7.61. The molecule has 1 aromatic heterocycles. The first-order valence-corrected chi connectivity index (χ1v) is 9.78. The maximum Gasteiger partial charge on any atom is 0.223 e. The van der Waals surface area contributed by atoms with Crippen LogP contribution in [0.1, 0.15) is 24.2 Å². The minimum atomic E-state index is 0.0815. The first-order valence-electron chi connectivity index (χ1n) is 9.37. The molecule has 0 spiro atoms. The van der Waals surface area contributed by atoms with E-state index in [1.807, 2.05) is 52.6 Å². The summed E-state index contributed by atoms with van der Waals surface area (Å²) >= 11 is 5.52. The Hall–Kier alpha value is -2.25. The van der Waals surface area contributed by atoms with E-state index in [1.165, 1.54) is 0 Å². The average molecular weight is 386 g/mol. The molecule has 0 unspecified atom stereocenters. The molecule has 1 aromatic carbocycles. The maximum atomic E-state index is 12.4. The van der Waals surface area contributed by atoms with E-state index in [9.17, 15) is 4.79 Å². The number of likely N-dealkylation sites (tertiary alicyclic amines) is 1. The lowest BCUT2D eigenvalue weighted by molar-refractivity contribution is -0.126. The molecule has 0 radical (unpaired) electrons. The number of rotatable bonds is 7. The van der Waals surface area contributed by atoms with Gasteiger partial charge in [0, 0.05) is 32.1 Å². The van der Waals surface area contributed by atoms with Gasteiger partial charge in [-0.3, -0.25) is 9.69 Å². The number of amides is 1. The highest BCUT2D eigenvalue weighted by molar-refractivity contribution is 7.71. The maximum absolute atomic E-state index is 12.4. The van der Waals surface area contributed by atoms with Gasteiger partial charge in [0.2, 0.25) is 5.91 Å². The second kappa shape index (κ2) is 9.10. The van der Waals surface area contributed by atoms with E-state index in [0.29, 0.717) is 19.8 Å². The number of aromatic nitrogens is 3. The third-order valence-corrected chi connectivity index (χ3v) is 5.45. The number of nitrogens with zero attached hydrogens (tertiary/aromatic N) is 4. The summed E-state index contributed by atoms with van der Waals surface area (Å²) in [4.78, 5) is 14.7. The van der Waals surface area contributed by atoms with E-state index < -0.39 is 0 Å². The van der Waals surface area contributed by atoms with E-state index in [-0.39, 0.29) is 11.8 Å². The molecule has 0 bridgehead atoms. The summed E-state index contributed by atoms with van der Waals surface area (Å²) < 4.78 is 4.56. The van der Waals surface area contributed by atoms with Crippen LogP contribution in [0.2, 0.25) is 0 Å². The molecule has 6 nitrogen and oxygen atoms in total. The Morgan fingerprint density at radius 1 is 1.33 bits per heavy atom. The third-order valence-electron chi connectivity index (χ3n) is 5.02. The normalized spacial score (nSPS) is 15.6. The van der Waals surface area contributed by atoms with Crippen molar-refractivity contribution in [3.8, 4) is 0 Å². The summed E-state index contributed by atoms with van der Waals surface area (Å²) in [5.41, 5.74) is 1.13. The number of hydrogen-bond donors (Lipinski definition) is 1. The molecule has 144 valence electrons. The number of aryl methyl sites for hydroxylation is 1. The highest BCUT2D eigenvalue weighted by Gasteiger charge is 2.25. The standard InChI is InChI=1S/C20H27N5OS/c1-3-11-24-16(2)22-25(20(24)27)15-23-12-9-18(10-13-23)19(26)21-14-17-7-5-4-6-8-17/h3-8,18H,1,9-15H2,2H3,(H,21,26). The SMILES string of the molecule is C=CCn1c(C)nn(CN2CCC(C(=O)NCc3ccccc3)CC2)c1=S. The summed E-state index contributed by atoms with van der Waals surface area (Å²) in [6.45, 7) is 9.41. The second-order valence-corrected chi connectivity index (χ2v) is 7.33. The molecule has 0 saturated carbocycles. The molecule has 3 rings (SSSR count). The number of allylic oxidation sites excluding steroid dienone is 1. The first-order chi connectivity index (χ1) is 13.1. The minimum Gasteiger partial charge on any atom is -0.352 e. The lowest BCUT2D eigenvalue weighted by Crippen LogP contribution is -2.41. The van der Waals surface area contributed by atoms with Crippen LogP contribution in [0.15, 0.2) is 43.0 Å². The van der Waals surface area contributed by atoms with Crippen molar-refractivity contribution in [2.75, 3.05) is 13.1 Å². The van der Waals surface area contributed by atoms with E-state index >= 15 is 0 Å². The van der Waals surface area contributed by atoms with Crippen molar-refractivity contribution in [1.29, 1.82) is 0 Å². The van der Waals surface area contributed by atoms with Crippen molar-refractivity contribution in [2.24, 2.45) is 5.92 Å². The number of piperidine rings is 1. The fourth-order valence-electron chi connectivity index (χ4n) is 3.44. The van der Waals surface area contributed by atoms with Gasteiger partial charge in [-0.1, -0.05) is 36.4 Å². The highest BCUT2D eigenvalue weighted by atomic mass is 32.1. The smallest absolute Gasteiger partial charge is 0.223 e. The van der Waals surface area contributed by atoms with Crippen LogP contribution in [0, 0.1) is 17.6 Å². The molecule has 27 heavy (non-hydrogen) atoms. The topological polar surface area (TPSA) is 55.1 Å². The van der Waals surface area contributed by atoms with Crippen molar-refractivity contribution < 1.29 is 4.79 Å². The fraction of sp³-hybridized carbons (Fsp3) is 0.450. The minimum absolute atomic E-state index is 0.0815. The van der Waals surface area contributed by atoms with Crippen molar-refractivity contribution in [1.82, 2.24) is 24.6 Å². The Morgan fingerprint density at radius 3 is 2.70 bits per heavy atom. The van der Waals surface area contributed by atoms with Crippen LogP contribution in [0.3, 0.4) is 0 Å². The van der Waals surface area contributed by atoms with Crippen LogP contribution in [-0.4, -0.2) is 38.2 Å². The van der Waals surface area contributed by atoms with Gasteiger partial charge in [0.05, 0.1) is 6.67 Å². The predicted octanol–water partition coefficient (Wildman–Crippen LogP) is 2.89. The van der Waals surface area contributed by atoms with Crippen LogP contribution in [0.5, 0.6) is 0 Å². The van der Waals surface area contributed by atoms with E-state index in [0.717, 1.165) is 42.1 Å². The molecular formula is C20H27N5OS. The Labute approximate surface area is 165 Å². The van der Waals surface area contributed by atoms with Gasteiger partial charge in [-0.25, -0.2) is 4.68 Å². The Kier molecular flexibility index (Phi) is 6.58. The van der Waals surface area contributed by atoms with Crippen LogP contribution >= 0.6 is 12.2 Å².